The zero-order chi connectivity index (χ0) is 22.7. The number of ether oxygens (including phenoxy) is 1. The summed E-state index contributed by atoms with van der Waals surface area (Å²) in [6.45, 7) is 3.23. The van der Waals surface area contributed by atoms with Crippen molar-refractivity contribution in [2.24, 2.45) is 0 Å². The normalized spacial score (nSPS) is 14.9. The Bertz CT molecular complexity index is 1190. The molecule has 1 aromatic heterocycles. The van der Waals surface area contributed by atoms with Gasteiger partial charge >= 0.3 is 0 Å². The molecule has 0 unspecified atom stereocenters. The third-order valence-corrected chi connectivity index (χ3v) is 7.00. The van der Waals surface area contributed by atoms with Gasteiger partial charge in [0.15, 0.2) is 0 Å². The Morgan fingerprint density at radius 2 is 1.62 bits per heavy atom. The number of rotatable bonds is 7. The third-order valence-electron chi connectivity index (χ3n) is 5.53. The fourth-order valence-electron chi connectivity index (χ4n) is 3.76. The Kier molecular flexibility index (Phi) is 6.45. The van der Waals surface area contributed by atoms with Gasteiger partial charge in [-0.05, 0) is 24.3 Å². The first kappa shape index (κ1) is 22.3. The van der Waals surface area contributed by atoms with Crippen LogP contribution in [-0.2, 0) is 16.8 Å². The van der Waals surface area contributed by atoms with E-state index in [1.165, 1.54) is 14.1 Å². The summed E-state index contributed by atoms with van der Waals surface area (Å²) in [5.74, 6) is 2.13. The molecule has 0 amide bonds. The first-order chi connectivity index (χ1) is 15.4. The number of anilines is 2. The molecule has 2 aromatic carbocycles. The van der Waals surface area contributed by atoms with E-state index >= 15 is 0 Å². The van der Waals surface area contributed by atoms with Crippen molar-refractivity contribution in [1.82, 2.24) is 19.0 Å². The van der Waals surface area contributed by atoms with E-state index in [0.717, 1.165) is 58.6 Å². The summed E-state index contributed by atoms with van der Waals surface area (Å²) in [7, 11) is 1.09. The van der Waals surface area contributed by atoms with Crippen LogP contribution in [-0.4, -0.2) is 70.1 Å². The molecule has 32 heavy (non-hydrogen) atoms. The van der Waals surface area contributed by atoms with Crippen LogP contribution in [0.15, 0.2) is 48.5 Å². The largest absolute Gasteiger partial charge is 0.495 e. The van der Waals surface area contributed by atoms with Crippen molar-refractivity contribution < 1.29 is 13.2 Å². The van der Waals surface area contributed by atoms with E-state index in [2.05, 4.69) is 25.6 Å². The minimum absolute atomic E-state index is 0.0273. The molecule has 0 spiro atoms. The number of nitrogens with one attached hydrogen (secondary N) is 1. The topological polar surface area (TPSA) is 90.9 Å². The van der Waals surface area contributed by atoms with E-state index < -0.39 is 10.2 Å². The molecular weight excluding hydrogens is 428 g/mol. The highest BCUT2D eigenvalue weighted by atomic mass is 32.2. The Labute approximate surface area is 188 Å². The smallest absolute Gasteiger partial charge is 0.279 e. The van der Waals surface area contributed by atoms with E-state index in [4.69, 9.17) is 9.72 Å². The van der Waals surface area contributed by atoms with Gasteiger partial charge in [0.25, 0.3) is 10.2 Å². The highest BCUT2D eigenvalue weighted by Gasteiger charge is 2.23. The SMILES string of the molecule is COc1ccccc1N1CCN(c2nc(CNS(=O)(=O)N(C)C)nc3ccccc23)CC1. The number of benzene rings is 2. The monoisotopic (exact) mass is 456 g/mol. The van der Waals surface area contributed by atoms with Crippen molar-refractivity contribution in [2.75, 3.05) is 57.2 Å². The average Bonchev–Trinajstić information content (AvgIpc) is 2.82. The quantitative estimate of drug-likeness (QED) is 0.580. The highest BCUT2D eigenvalue weighted by Crippen LogP contribution is 2.30. The maximum atomic E-state index is 12.1. The summed E-state index contributed by atoms with van der Waals surface area (Å²) < 4.78 is 33.4. The first-order valence-electron chi connectivity index (χ1n) is 10.4. The lowest BCUT2D eigenvalue weighted by atomic mass is 10.2. The molecule has 170 valence electrons. The van der Waals surface area contributed by atoms with Crippen molar-refractivity contribution in [1.29, 1.82) is 0 Å². The molecule has 1 aliphatic rings. The van der Waals surface area contributed by atoms with E-state index in [1.54, 1.807) is 7.11 Å². The van der Waals surface area contributed by atoms with E-state index in [0.29, 0.717) is 5.82 Å². The lowest BCUT2D eigenvalue weighted by Crippen LogP contribution is -2.47. The molecule has 0 bridgehead atoms. The first-order valence-corrected chi connectivity index (χ1v) is 11.9. The van der Waals surface area contributed by atoms with Crippen molar-refractivity contribution in [2.45, 2.75) is 6.54 Å². The fourth-order valence-corrected chi connectivity index (χ4v) is 4.33. The van der Waals surface area contributed by atoms with Crippen LogP contribution in [0.1, 0.15) is 5.82 Å². The summed E-state index contributed by atoms with van der Waals surface area (Å²) in [6, 6.07) is 15.9. The molecule has 1 aliphatic heterocycles. The molecule has 9 nitrogen and oxygen atoms in total. The Balaban J connectivity index is 1.57. The molecule has 0 aliphatic carbocycles. The summed E-state index contributed by atoms with van der Waals surface area (Å²) in [4.78, 5) is 13.9. The number of hydrogen-bond acceptors (Lipinski definition) is 7. The molecule has 4 rings (SSSR count). The lowest BCUT2D eigenvalue weighted by Gasteiger charge is -2.37. The maximum Gasteiger partial charge on any atom is 0.279 e. The second-order valence-corrected chi connectivity index (χ2v) is 9.70. The van der Waals surface area contributed by atoms with Gasteiger partial charge in [-0.3, -0.25) is 0 Å². The molecule has 10 heteroatoms. The number of piperazine rings is 1. The molecule has 1 saturated heterocycles. The van der Waals surface area contributed by atoms with Gasteiger partial charge in [0.05, 0.1) is 24.9 Å². The van der Waals surface area contributed by atoms with Crippen LogP contribution in [0, 0.1) is 0 Å². The predicted octanol–water partition coefficient (Wildman–Crippen LogP) is 1.86. The van der Waals surface area contributed by atoms with Crippen LogP contribution in [0.2, 0.25) is 0 Å². The number of methoxy groups -OCH3 is 1. The molecule has 1 N–H and O–H groups in total. The van der Waals surface area contributed by atoms with Crippen LogP contribution in [0.5, 0.6) is 5.75 Å². The minimum Gasteiger partial charge on any atom is -0.495 e. The molecule has 2 heterocycles. The van der Waals surface area contributed by atoms with E-state index in [9.17, 15) is 8.42 Å². The van der Waals surface area contributed by atoms with Crippen LogP contribution >= 0.6 is 0 Å². The van der Waals surface area contributed by atoms with Gasteiger partial charge in [0.2, 0.25) is 0 Å². The number of hydrogen-bond donors (Lipinski definition) is 1. The van der Waals surface area contributed by atoms with E-state index in [1.807, 2.05) is 42.5 Å². The van der Waals surface area contributed by atoms with Crippen LogP contribution in [0.4, 0.5) is 11.5 Å². The Hall–Kier alpha value is -2.95. The van der Waals surface area contributed by atoms with Gasteiger partial charge in [-0.15, -0.1) is 0 Å². The van der Waals surface area contributed by atoms with Crippen molar-refractivity contribution in [3.8, 4) is 5.75 Å². The van der Waals surface area contributed by atoms with Crippen molar-refractivity contribution >= 4 is 32.6 Å². The van der Waals surface area contributed by atoms with Gasteiger partial charge in [-0.25, -0.2) is 9.97 Å². The zero-order valence-electron chi connectivity index (χ0n) is 18.5. The molecule has 0 saturated carbocycles. The van der Waals surface area contributed by atoms with E-state index in [-0.39, 0.29) is 6.54 Å². The lowest BCUT2D eigenvalue weighted by molar-refractivity contribution is 0.413. The van der Waals surface area contributed by atoms with Crippen LogP contribution < -0.4 is 19.3 Å². The second kappa shape index (κ2) is 9.27. The third kappa shape index (κ3) is 4.62. The van der Waals surface area contributed by atoms with Gasteiger partial charge in [-0.1, -0.05) is 24.3 Å². The minimum atomic E-state index is -3.56. The maximum absolute atomic E-state index is 12.1. The summed E-state index contributed by atoms with van der Waals surface area (Å²) in [5.41, 5.74) is 1.88. The summed E-state index contributed by atoms with van der Waals surface area (Å²) >= 11 is 0. The number of nitrogens with zero attached hydrogens (tertiary/aromatic N) is 5. The Morgan fingerprint density at radius 1 is 0.969 bits per heavy atom. The summed E-state index contributed by atoms with van der Waals surface area (Å²) in [6.07, 6.45) is 0. The zero-order valence-corrected chi connectivity index (χ0v) is 19.3. The average molecular weight is 457 g/mol. The standard InChI is InChI=1S/C22H28N6O3S/c1-26(2)32(29,30)23-16-21-24-18-9-5-4-8-17(18)22(25-21)28-14-12-27(13-15-28)19-10-6-7-11-20(19)31-3/h4-11,23H,12-16H2,1-3H3. The van der Waals surface area contributed by atoms with Gasteiger partial charge in [0.1, 0.15) is 17.4 Å². The second-order valence-electron chi connectivity index (χ2n) is 7.74. The molecule has 0 atom stereocenters. The highest BCUT2D eigenvalue weighted by molar-refractivity contribution is 7.87. The molecular formula is C22H28N6O3S. The number of para-hydroxylation sites is 3. The van der Waals surface area contributed by atoms with Crippen molar-refractivity contribution in [3.63, 3.8) is 0 Å². The van der Waals surface area contributed by atoms with Crippen LogP contribution in [0.3, 0.4) is 0 Å². The van der Waals surface area contributed by atoms with Gasteiger partial charge in [-0.2, -0.15) is 17.4 Å². The van der Waals surface area contributed by atoms with Crippen molar-refractivity contribution in [3.05, 3.63) is 54.4 Å². The number of aromatic nitrogens is 2. The molecule has 3 aromatic rings. The van der Waals surface area contributed by atoms with Gasteiger partial charge < -0.3 is 14.5 Å². The molecule has 0 radical (unpaired) electrons. The number of fused-ring (bicyclic) bond motifs is 1. The molecule has 1 fully saturated rings. The Morgan fingerprint density at radius 3 is 2.34 bits per heavy atom. The van der Waals surface area contributed by atoms with Crippen LogP contribution in [0.25, 0.3) is 10.9 Å². The van der Waals surface area contributed by atoms with Gasteiger partial charge in [0, 0.05) is 45.7 Å². The summed E-state index contributed by atoms with van der Waals surface area (Å²) in [5, 5.41) is 0.956. The fraction of sp³-hybridized carbons (Fsp3) is 0.364. The predicted molar refractivity (Wildman–Crippen MR) is 126 cm³/mol.